The Balaban J connectivity index is 1.78. The number of likely N-dealkylation sites (N-methyl/N-ethyl adjacent to an activating group) is 1. The Bertz CT molecular complexity index is 544. The predicted octanol–water partition coefficient (Wildman–Crippen LogP) is 3.64. The highest BCUT2D eigenvalue weighted by molar-refractivity contribution is 7.16. The smallest absolute Gasteiger partial charge is 0.142 e. The molecule has 2 rings (SSSR count). The van der Waals surface area contributed by atoms with Crippen LogP contribution in [0.5, 0.6) is 5.75 Å². The highest BCUT2D eigenvalue weighted by Crippen LogP contribution is 2.26. The molecule has 1 heterocycles. The van der Waals surface area contributed by atoms with Gasteiger partial charge >= 0.3 is 0 Å². The second kappa shape index (κ2) is 7.53. The number of halogens is 1. The van der Waals surface area contributed by atoms with Gasteiger partial charge in [-0.2, -0.15) is 0 Å². The van der Waals surface area contributed by atoms with Gasteiger partial charge in [0.15, 0.2) is 0 Å². The number of nitrogens with zero attached hydrogens (tertiary/aromatic N) is 1. The number of nitrogens with one attached hydrogen (secondary N) is 1. The summed E-state index contributed by atoms with van der Waals surface area (Å²) in [6, 6.07) is 12.0. The van der Waals surface area contributed by atoms with Crippen LogP contribution in [0.25, 0.3) is 0 Å². The largest absolute Gasteiger partial charge is 0.495 e. The average Bonchev–Trinajstić information content (AvgIpc) is 2.89. The SMILES string of the molecule is COc1ccccc1N(C)CCNCc1ccc(Cl)s1. The van der Waals surface area contributed by atoms with Crippen molar-refractivity contribution in [3.63, 3.8) is 0 Å². The lowest BCUT2D eigenvalue weighted by atomic mass is 10.2. The Morgan fingerprint density at radius 1 is 1.25 bits per heavy atom. The van der Waals surface area contributed by atoms with Gasteiger partial charge < -0.3 is 15.0 Å². The van der Waals surface area contributed by atoms with Crippen LogP contribution in [0.2, 0.25) is 4.34 Å². The molecule has 0 bridgehead atoms. The number of thiophene rings is 1. The van der Waals surface area contributed by atoms with Gasteiger partial charge in [-0.15, -0.1) is 11.3 Å². The highest BCUT2D eigenvalue weighted by atomic mass is 35.5. The van der Waals surface area contributed by atoms with E-state index in [0.717, 1.165) is 35.4 Å². The van der Waals surface area contributed by atoms with E-state index in [2.05, 4.69) is 29.4 Å². The van der Waals surface area contributed by atoms with Gasteiger partial charge in [-0.3, -0.25) is 0 Å². The lowest BCUT2D eigenvalue weighted by molar-refractivity contribution is 0.415. The topological polar surface area (TPSA) is 24.5 Å². The van der Waals surface area contributed by atoms with Gasteiger partial charge in [-0.05, 0) is 24.3 Å². The van der Waals surface area contributed by atoms with Gasteiger partial charge in [0, 0.05) is 31.6 Å². The first kappa shape index (κ1) is 15.2. The minimum atomic E-state index is 0.841. The lowest BCUT2D eigenvalue weighted by Crippen LogP contribution is -2.28. The second-order valence-corrected chi connectivity index (χ2v) is 6.28. The molecule has 1 aromatic heterocycles. The number of hydrogen-bond donors (Lipinski definition) is 1. The zero-order chi connectivity index (χ0) is 14.4. The summed E-state index contributed by atoms with van der Waals surface area (Å²) in [5, 5.41) is 3.42. The molecule has 1 N–H and O–H groups in total. The zero-order valence-electron chi connectivity index (χ0n) is 11.7. The van der Waals surface area contributed by atoms with Crippen LogP contribution < -0.4 is 15.0 Å². The fourth-order valence-electron chi connectivity index (χ4n) is 1.97. The summed E-state index contributed by atoms with van der Waals surface area (Å²) < 4.78 is 6.21. The number of rotatable bonds is 7. The maximum absolute atomic E-state index is 5.91. The van der Waals surface area contributed by atoms with Gasteiger partial charge in [-0.1, -0.05) is 23.7 Å². The number of para-hydroxylation sites is 2. The van der Waals surface area contributed by atoms with Crippen LogP contribution in [-0.2, 0) is 6.54 Å². The van der Waals surface area contributed by atoms with Gasteiger partial charge in [-0.25, -0.2) is 0 Å². The monoisotopic (exact) mass is 310 g/mol. The van der Waals surface area contributed by atoms with Crippen molar-refractivity contribution in [1.29, 1.82) is 0 Å². The molecule has 20 heavy (non-hydrogen) atoms. The maximum Gasteiger partial charge on any atom is 0.142 e. The van der Waals surface area contributed by atoms with Gasteiger partial charge in [0.05, 0.1) is 17.1 Å². The first-order valence-electron chi connectivity index (χ1n) is 6.50. The Morgan fingerprint density at radius 2 is 2.05 bits per heavy atom. The fourth-order valence-corrected chi connectivity index (χ4v) is 3.03. The van der Waals surface area contributed by atoms with E-state index in [1.165, 1.54) is 4.88 Å². The summed E-state index contributed by atoms with van der Waals surface area (Å²) in [5.74, 6) is 0.903. The van der Waals surface area contributed by atoms with E-state index in [0.29, 0.717) is 0 Å². The molecule has 0 aliphatic heterocycles. The fraction of sp³-hybridized carbons (Fsp3) is 0.333. The number of benzene rings is 1. The zero-order valence-corrected chi connectivity index (χ0v) is 13.3. The molecule has 0 fully saturated rings. The van der Waals surface area contributed by atoms with E-state index in [1.54, 1.807) is 18.4 Å². The Morgan fingerprint density at radius 3 is 2.75 bits per heavy atom. The standard InChI is InChI=1S/C15H19ClN2OS/c1-18(13-5-3-4-6-14(13)19-2)10-9-17-11-12-7-8-15(16)20-12/h3-8,17H,9-11H2,1-2H3. The van der Waals surface area contributed by atoms with E-state index >= 15 is 0 Å². The third kappa shape index (κ3) is 4.13. The number of anilines is 1. The third-order valence-corrected chi connectivity index (χ3v) is 4.28. The van der Waals surface area contributed by atoms with Gasteiger partial charge in [0.2, 0.25) is 0 Å². The summed E-state index contributed by atoms with van der Waals surface area (Å²) in [6.07, 6.45) is 0. The van der Waals surface area contributed by atoms with E-state index in [4.69, 9.17) is 16.3 Å². The van der Waals surface area contributed by atoms with Crippen molar-refractivity contribution < 1.29 is 4.74 Å². The van der Waals surface area contributed by atoms with Crippen LogP contribution in [0.1, 0.15) is 4.88 Å². The van der Waals surface area contributed by atoms with Crippen LogP contribution in [-0.4, -0.2) is 27.2 Å². The molecule has 0 aliphatic rings. The molecule has 1 aromatic carbocycles. The second-order valence-electron chi connectivity index (χ2n) is 4.48. The molecule has 0 unspecified atom stereocenters. The number of methoxy groups -OCH3 is 1. The van der Waals surface area contributed by atoms with Crippen molar-refractivity contribution in [3.8, 4) is 5.75 Å². The molecule has 0 radical (unpaired) electrons. The Hall–Kier alpha value is -1.23. The quantitative estimate of drug-likeness (QED) is 0.790. The van der Waals surface area contributed by atoms with Crippen LogP contribution >= 0.6 is 22.9 Å². The molecule has 0 amide bonds. The molecule has 0 spiro atoms. The predicted molar refractivity (Wildman–Crippen MR) is 87.3 cm³/mol. The van der Waals surface area contributed by atoms with Gasteiger partial charge in [0.1, 0.15) is 5.75 Å². The number of hydrogen-bond acceptors (Lipinski definition) is 4. The van der Waals surface area contributed by atoms with Crippen molar-refractivity contribution in [2.45, 2.75) is 6.54 Å². The highest BCUT2D eigenvalue weighted by Gasteiger charge is 2.06. The van der Waals surface area contributed by atoms with Crippen molar-refractivity contribution in [1.82, 2.24) is 5.32 Å². The Labute approximate surface area is 129 Å². The molecular formula is C15H19ClN2OS. The maximum atomic E-state index is 5.91. The summed E-state index contributed by atoms with van der Waals surface area (Å²) in [4.78, 5) is 3.45. The normalized spacial score (nSPS) is 10.6. The summed E-state index contributed by atoms with van der Waals surface area (Å²) in [5.41, 5.74) is 1.11. The first-order chi connectivity index (χ1) is 9.70. The molecule has 0 atom stereocenters. The van der Waals surface area contributed by atoms with Gasteiger partial charge in [0.25, 0.3) is 0 Å². The van der Waals surface area contributed by atoms with Crippen LogP contribution in [0.4, 0.5) is 5.69 Å². The van der Waals surface area contributed by atoms with Crippen LogP contribution in [0, 0.1) is 0 Å². The third-order valence-electron chi connectivity index (χ3n) is 3.05. The summed E-state index contributed by atoms with van der Waals surface area (Å²) >= 11 is 7.52. The number of ether oxygens (including phenoxy) is 1. The van der Waals surface area contributed by atoms with E-state index in [1.807, 2.05) is 24.3 Å². The Kier molecular flexibility index (Phi) is 5.71. The van der Waals surface area contributed by atoms with Crippen molar-refractivity contribution in [2.24, 2.45) is 0 Å². The molecule has 0 saturated carbocycles. The molecule has 0 saturated heterocycles. The summed E-state index contributed by atoms with van der Waals surface area (Å²) in [6.45, 7) is 2.68. The molecule has 2 aromatic rings. The summed E-state index contributed by atoms with van der Waals surface area (Å²) in [7, 11) is 3.77. The molecule has 108 valence electrons. The minimum absolute atomic E-state index is 0.841. The van der Waals surface area contributed by atoms with Crippen LogP contribution in [0.15, 0.2) is 36.4 Å². The lowest BCUT2D eigenvalue weighted by Gasteiger charge is -2.21. The van der Waals surface area contributed by atoms with Crippen molar-refractivity contribution in [3.05, 3.63) is 45.6 Å². The molecule has 3 nitrogen and oxygen atoms in total. The van der Waals surface area contributed by atoms with Crippen molar-refractivity contribution in [2.75, 3.05) is 32.1 Å². The first-order valence-corrected chi connectivity index (χ1v) is 7.69. The van der Waals surface area contributed by atoms with E-state index in [9.17, 15) is 0 Å². The van der Waals surface area contributed by atoms with E-state index < -0.39 is 0 Å². The van der Waals surface area contributed by atoms with E-state index in [-0.39, 0.29) is 0 Å². The average molecular weight is 311 g/mol. The molecular weight excluding hydrogens is 292 g/mol. The van der Waals surface area contributed by atoms with Crippen LogP contribution in [0.3, 0.4) is 0 Å². The molecule has 0 aliphatic carbocycles. The molecule has 5 heteroatoms. The van der Waals surface area contributed by atoms with Crippen molar-refractivity contribution >= 4 is 28.6 Å². The minimum Gasteiger partial charge on any atom is -0.495 e.